The maximum absolute atomic E-state index is 12.6. The highest BCUT2D eigenvalue weighted by Gasteiger charge is 2.26. The Morgan fingerprint density at radius 3 is 2.70 bits per heavy atom. The zero-order valence-corrected chi connectivity index (χ0v) is 18.2. The van der Waals surface area contributed by atoms with E-state index in [2.05, 4.69) is 15.5 Å². The minimum Gasteiger partial charge on any atom is -0.364 e. The van der Waals surface area contributed by atoms with Crippen molar-refractivity contribution in [1.82, 2.24) is 20.3 Å². The van der Waals surface area contributed by atoms with E-state index in [1.54, 1.807) is 6.07 Å². The van der Waals surface area contributed by atoms with Crippen LogP contribution in [0.5, 0.6) is 0 Å². The SMILES string of the molecule is CCNC(=NCc1ccon1)N1CCN(Cc2ccc(Cl)cc2)C(=O)C1.I. The first-order valence-electron chi connectivity index (χ1n) is 8.60. The first-order chi connectivity index (χ1) is 12.7. The van der Waals surface area contributed by atoms with Crippen molar-refractivity contribution in [2.75, 3.05) is 26.2 Å². The summed E-state index contributed by atoms with van der Waals surface area (Å²) < 4.78 is 4.82. The second kappa shape index (κ2) is 10.5. The normalized spacial score (nSPS) is 14.9. The lowest BCUT2D eigenvalue weighted by molar-refractivity contribution is -0.135. The van der Waals surface area contributed by atoms with E-state index < -0.39 is 0 Å². The predicted molar refractivity (Wildman–Crippen MR) is 115 cm³/mol. The number of aliphatic imine (C=N–C) groups is 1. The molecule has 0 atom stereocenters. The summed E-state index contributed by atoms with van der Waals surface area (Å²) in [6, 6.07) is 9.37. The summed E-state index contributed by atoms with van der Waals surface area (Å²) in [6.45, 7) is 5.42. The Labute approximate surface area is 180 Å². The number of hydrogen-bond donors (Lipinski definition) is 1. The predicted octanol–water partition coefficient (Wildman–Crippen LogP) is 2.76. The van der Waals surface area contributed by atoms with E-state index in [4.69, 9.17) is 16.1 Å². The molecule has 0 radical (unpaired) electrons. The summed E-state index contributed by atoms with van der Waals surface area (Å²) in [6.07, 6.45) is 1.52. The number of nitrogens with zero attached hydrogens (tertiary/aromatic N) is 4. The Bertz CT molecular complexity index is 752. The largest absolute Gasteiger partial charge is 0.364 e. The molecule has 0 bridgehead atoms. The lowest BCUT2D eigenvalue weighted by Crippen LogP contribution is -2.54. The van der Waals surface area contributed by atoms with E-state index in [9.17, 15) is 4.79 Å². The summed E-state index contributed by atoms with van der Waals surface area (Å²) in [4.78, 5) is 21.0. The molecule has 1 fully saturated rings. The van der Waals surface area contributed by atoms with Crippen molar-refractivity contribution in [3.63, 3.8) is 0 Å². The van der Waals surface area contributed by atoms with Crippen LogP contribution in [0.4, 0.5) is 0 Å². The number of amides is 1. The van der Waals surface area contributed by atoms with E-state index >= 15 is 0 Å². The Morgan fingerprint density at radius 2 is 2.07 bits per heavy atom. The van der Waals surface area contributed by atoms with Gasteiger partial charge in [0.15, 0.2) is 5.96 Å². The number of aromatic nitrogens is 1. The van der Waals surface area contributed by atoms with Crippen molar-refractivity contribution in [1.29, 1.82) is 0 Å². The lowest BCUT2D eigenvalue weighted by Gasteiger charge is -2.36. The molecule has 0 unspecified atom stereocenters. The maximum Gasteiger partial charge on any atom is 0.242 e. The molecule has 0 saturated carbocycles. The van der Waals surface area contributed by atoms with Gasteiger partial charge in [0, 0.05) is 37.3 Å². The van der Waals surface area contributed by atoms with Gasteiger partial charge in [-0.25, -0.2) is 4.99 Å². The van der Waals surface area contributed by atoms with Crippen molar-refractivity contribution in [3.8, 4) is 0 Å². The Morgan fingerprint density at radius 1 is 1.30 bits per heavy atom. The van der Waals surface area contributed by atoms with Crippen molar-refractivity contribution in [2.24, 2.45) is 4.99 Å². The minimum atomic E-state index is 0. The average Bonchev–Trinajstić information content (AvgIpc) is 3.16. The van der Waals surface area contributed by atoms with Gasteiger partial charge in [-0.1, -0.05) is 28.9 Å². The van der Waals surface area contributed by atoms with Gasteiger partial charge >= 0.3 is 0 Å². The molecule has 1 aromatic heterocycles. The number of carbonyl (C=O) groups excluding carboxylic acids is 1. The van der Waals surface area contributed by atoms with E-state index in [0.29, 0.717) is 31.2 Å². The first kappa shape index (κ1) is 21.5. The van der Waals surface area contributed by atoms with Crippen LogP contribution < -0.4 is 5.32 Å². The zero-order valence-electron chi connectivity index (χ0n) is 15.1. The Kier molecular flexibility index (Phi) is 8.36. The molecule has 1 aliphatic heterocycles. The Hall–Kier alpha value is -1.81. The minimum absolute atomic E-state index is 0. The summed E-state index contributed by atoms with van der Waals surface area (Å²) in [5.74, 6) is 0.799. The quantitative estimate of drug-likeness (QED) is 0.386. The van der Waals surface area contributed by atoms with Gasteiger partial charge < -0.3 is 19.6 Å². The molecule has 0 aliphatic carbocycles. The van der Waals surface area contributed by atoms with Crippen LogP contribution in [0.2, 0.25) is 5.02 Å². The molecule has 7 nitrogen and oxygen atoms in total. The van der Waals surface area contributed by atoms with Gasteiger partial charge in [0.2, 0.25) is 5.91 Å². The van der Waals surface area contributed by atoms with Crippen LogP contribution in [-0.4, -0.2) is 53.0 Å². The van der Waals surface area contributed by atoms with Gasteiger partial charge in [0.05, 0.1) is 13.1 Å². The van der Waals surface area contributed by atoms with Gasteiger partial charge in [-0.05, 0) is 24.6 Å². The molecule has 9 heteroatoms. The van der Waals surface area contributed by atoms with Gasteiger partial charge in [-0.2, -0.15) is 0 Å². The number of rotatable bonds is 5. The zero-order chi connectivity index (χ0) is 18.4. The summed E-state index contributed by atoms with van der Waals surface area (Å²) in [7, 11) is 0. The van der Waals surface area contributed by atoms with E-state index in [-0.39, 0.29) is 29.9 Å². The van der Waals surface area contributed by atoms with Crippen LogP contribution >= 0.6 is 35.6 Å². The third-order valence-electron chi connectivity index (χ3n) is 4.12. The molecule has 1 N–H and O–H groups in total. The molecule has 1 aliphatic rings. The second-order valence-electron chi connectivity index (χ2n) is 6.02. The summed E-state index contributed by atoms with van der Waals surface area (Å²) >= 11 is 5.92. The fourth-order valence-electron chi connectivity index (χ4n) is 2.77. The van der Waals surface area contributed by atoms with Crippen molar-refractivity contribution < 1.29 is 9.32 Å². The molecular formula is C18H23ClIN5O2. The molecule has 3 rings (SSSR count). The van der Waals surface area contributed by atoms with Gasteiger partial charge in [0.25, 0.3) is 0 Å². The van der Waals surface area contributed by atoms with Crippen molar-refractivity contribution in [2.45, 2.75) is 20.0 Å². The highest BCUT2D eigenvalue weighted by atomic mass is 127. The molecule has 2 heterocycles. The van der Waals surface area contributed by atoms with Crippen LogP contribution in [0.3, 0.4) is 0 Å². The topological polar surface area (TPSA) is 74.0 Å². The summed E-state index contributed by atoms with van der Waals surface area (Å²) in [5.41, 5.74) is 1.83. The summed E-state index contributed by atoms with van der Waals surface area (Å²) in [5, 5.41) is 7.80. The van der Waals surface area contributed by atoms with E-state index in [1.807, 2.05) is 41.0 Å². The number of carbonyl (C=O) groups is 1. The molecule has 146 valence electrons. The molecule has 0 spiro atoms. The van der Waals surface area contributed by atoms with Crippen LogP contribution in [0.1, 0.15) is 18.2 Å². The average molecular weight is 504 g/mol. The van der Waals surface area contributed by atoms with Crippen LogP contribution in [0, 0.1) is 0 Å². The van der Waals surface area contributed by atoms with Crippen molar-refractivity contribution in [3.05, 3.63) is 52.9 Å². The number of piperazine rings is 1. The molecule has 27 heavy (non-hydrogen) atoms. The monoisotopic (exact) mass is 503 g/mol. The molecule has 1 saturated heterocycles. The first-order valence-corrected chi connectivity index (χ1v) is 8.98. The standard InChI is InChI=1S/C18H22ClN5O2.HI/c1-2-20-18(21-11-16-7-10-26-22-16)24-9-8-23(17(25)13-24)12-14-3-5-15(19)6-4-14;/h3-7,10H,2,8-9,11-13H2,1H3,(H,20,21);1H. The molecular weight excluding hydrogens is 481 g/mol. The number of halogens is 2. The molecule has 2 aromatic rings. The van der Waals surface area contributed by atoms with Gasteiger partial charge in [0.1, 0.15) is 12.0 Å². The smallest absolute Gasteiger partial charge is 0.242 e. The van der Waals surface area contributed by atoms with Crippen LogP contribution in [0.15, 0.2) is 46.1 Å². The van der Waals surface area contributed by atoms with Crippen LogP contribution in [0.25, 0.3) is 0 Å². The number of benzene rings is 1. The second-order valence-corrected chi connectivity index (χ2v) is 6.46. The third-order valence-corrected chi connectivity index (χ3v) is 4.37. The van der Waals surface area contributed by atoms with Gasteiger partial charge in [-0.15, -0.1) is 24.0 Å². The number of hydrogen-bond acceptors (Lipinski definition) is 4. The number of nitrogens with one attached hydrogen (secondary N) is 1. The lowest BCUT2D eigenvalue weighted by atomic mass is 10.2. The number of guanidine groups is 1. The van der Waals surface area contributed by atoms with Crippen LogP contribution in [-0.2, 0) is 17.9 Å². The fourth-order valence-corrected chi connectivity index (χ4v) is 2.89. The molecule has 1 aromatic carbocycles. The van der Waals surface area contributed by atoms with E-state index in [0.717, 1.165) is 30.3 Å². The van der Waals surface area contributed by atoms with Gasteiger partial charge in [-0.3, -0.25) is 4.79 Å². The third kappa shape index (κ3) is 6.10. The highest BCUT2D eigenvalue weighted by Crippen LogP contribution is 2.14. The maximum atomic E-state index is 12.6. The highest BCUT2D eigenvalue weighted by molar-refractivity contribution is 14.0. The van der Waals surface area contributed by atoms with E-state index in [1.165, 1.54) is 6.26 Å². The Balaban J connectivity index is 0.00000261. The fraction of sp³-hybridized carbons (Fsp3) is 0.389. The molecule has 1 amide bonds. The van der Waals surface area contributed by atoms with Crippen molar-refractivity contribution >= 4 is 47.4 Å².